The van der Waals surface area contributed by atoms with Crippen LogP contribution in [0.25, 0.3) is 0 Å². The van der Waals surface area contributed by atoms with Gasteiger partial charge in [-0.2, -0.15) is 4.31 Å². The highest BCUT2D eigenvalue weighted by Crippen LogP contribution is 2.21. The van der Waals surface area contributed by atoms with E-state index < -0.39 is 10.0 Å². The maximum absolute atomic E-state index is 12.2. The van der Waals surface area contributed by atoms with Gasteiger partial charge in [0.25, 0.3) is 10.0 Å². The summed E-state index contributed by atoms with van der Waals surface area (Å²) in [5.41, 5.74) is 0. The lowest BCUT2D eigenvalue weighted by molar-refractivity contribution is -0.121. The van der Waals surface area contributed by atoms with Gasteiger partial charge in [0, 0.05) is 20.6 Å². The molecule has 114 valence electrons. The van der Waals surface area contributed by atoms with Crippen molar-refractivity contribution in [3.8, 4) is 0 Å². The van der Waals surface area contributed by atoms with Crippen LogP contribution in [0.1, 0.15) is 13.8 Å². The number of sulfonamides is 1. The molecule has 1 N–H and O–H groups in total. The van der Waals surface area contributed by atoms with Crippen LogP contribution in [0.15, 0.2) is 11.4 Å². The van der Waals surface area contributed by atoms with Crippen molar-refractivity contribution < 1.29 is 13.2 Å². The zero-order chi connectivity index (χ0) is 15.5. The van der Waals surface area contributed by atoms with Gasteiger partial charge in [0.15, 0.2) is 0 Å². The first-order chi connectivity index (χ1) is 9.16. The minimum atomic E-state index is -3.87. The van der Waals surface area contributed by atoms with Crippen molar-refractivity contribution in [1.29, 1.82) is 0 Å². The summed E-state index contributed by atoms with van der Waals surface area (Å²) in [5, 5.41) is 2.42. The van der Waals surface area contributed by atoms with Crippen LogP contribution in [0.5, 0.6) is 0 Å². The minimum absolute atomic E-state index is 0.0134. The van der Waals surface area contributed by atoms with Crippen LogP contribution >= 0.6 is 11.6 Å². The van der Waals surface area contributed by atoms with Crippen LogP contribution in [-0.4, -0.2) is 48.3 Å². The predicted octanol–water partition coefficient (Wildman–Crippen LogP) is 0.466. The van der Waals surface area contributed by atoms with E-state index in [1.165, 1.54) is 17.9 Å². The van der Waals surface area contributed by atoms with Crippen molar-refractivity contribution in [3.63, 3.8) is 0 Å². The van der Waals surface area contributed by atoms with Gasteiger partial charge in [-0.15, -0.1) is 0 Å². The molecule has 0 aliphatic rings. The van der Waals surface area contributed by atoms with E-state index >= 15 is 0 Å². The maximum atomic E-state index is 12.2. The fraction of sp³-hybridized carbons (Fsp3) is 0.636. The smallest absolute Gasteiger partial charge is 0.263 e. The number of hydrogen-bond donors (Lipinski definition) is 1. The van der Waals surface area contributed by atoms with E-state index in [4.69, 9.17) is 11.6 Å². The summed E-state index contributed by atoms with van der Waals surface area (Å²) in [6, 6.07) is 0. The van der Waals surface area contributed by atoms with Gasteiger partial charge in [-0.25, -0.2) is 13.4 Å². The molecule has 0 atom stereocenters. The first-order valence-corrected chi connectivity index (χ1v) is 7.88. The van der Waals surface area contributed by atoms with Crippen LogP contribution in [0.3, 0.4) is 0 Å². The summed E-state index contributed by atoms with van der Waals surface area (Å²) in [6.45, 7) is 4.13. The van der Waals surface area contributed by atoms with Gasteiger partial charge < -0.3 is 9.88 Å². The number of nitrogens with zero attached hydrogens (tertiary/aromatic N) is 3. The Morgan fingerprint density at radius 2 is 2.15 bits per heavy atom. The van der Waals surface area contributed by atoms with Gasteiger partial charge in [-0.05, 0) is 5.92 Å². The third kappa shape index (κ3) is 3.94. The Kier molecular flexibility index (Phi) is 5.55. The third-order valence-electron chi connectivity index (χ3n) is 2.56. The standard InChI is InChI=1S/C11H19ClN4O3S/c1-8(2)5-13-9(17)6-16(4)20(18,19)11-10(12)15(3)7-14-11/h7-8H,5-6H2,1-4H3,(H,13,17). The molecule has 7 nitrogen and oxygen atoms in total. The Bertz CT molecular complexity index is 582. The fourth-order valence-electron chi connectivity index (χ4n) is 1.38. The highest BCUT2D eigenvalue weighted by molar-refractivity contribution is 7.89. The number of amides is 1. The number of rotatable bonds is 6. The highest BCUT2D eigenvalue weighted by atomic mass is 35.5. The van der Waals surface area contributed by atoms with Gasteiger partial charge in [-0.3, -0.25) is 4.79 Å². The van der Waals surface area contributed by atoms with Gasteiger partial charge in [0.2, 0.25) is 10.9 Å². The summed E-state index contributed by atoms with van der Waals surface area (Å²) >= 11 is 5.87. The summed E-state index contributed by atoms with van der Waals surface area (Å²) in [7, 11) is -0.972. The number of hydrogen-bond acceptors (Lipinski definition) is 4. The lowest BCUT2D eigenvalue weighted by Crippen LogP contribution is -2.39. The Hall–Kier alpha value is -1.12. The second kappa shape index (κ2) is 6.55. The number of aryl methyl sites for hydroxylation is 1. The van der Waals surface area contributed by atoms with E-state index in [0.29, 0.717) is 12.5 Å². The molecule has 20 heavy (non-hydrogen) atoms. The lowest BCUT2D eigenvalue weighted by Gasteiger charge is -2.16. The molecule has 9 heteroatoms. The second-order valence-corrected chi connectivity index (χ2v) is 7.23. The molecular formula is C11H19ClN4O3S. The normalized spacial score (nSPS) is 12.2. The van der Waals surface area contributed by atoms with Crippen LogP contribution in [0.4, 0.5) is 0 Å². The number of imidazole rings is 1. The summed E-state index contributed by atoms with van der Waals surface area (Å²) < 4.78 is 26.8. The fourth-order valence-corrected chi connectivity index (χ4v) is 2.88. The molecule has 1 heterocycles. The van der Waals surface area contributed by atoms with Crippen molar-refractivity contribution in [2.75, 3.05) is 20.1 Å². The Balaban J connectivity index is 2.78. The zero-order valence-corrected chi connectivity index (χ0v) is 13.5. The van der Waals surface area contributed by atoms with E-state index in [0.717, 1.165) is 4.31 Å². The average Bonchev–Trinajstić information content (AvgIpc) is 2.67. The maximum Gasteiger partial charge on any atom is 0.263 e. The predicted molar refractivity (Wildman–Crippen MR) is 75.9 cm³/mol. The molecule has 0 unspecified atom stereocenters. The molecule has 0 bridgehead atoms. The number of carbonyl (C=O) groups is 1. The van der Waals surface area contributed by atoms with Crippen LogP contribution in [-0.2, 0) is 21.9 Å². The van der Waals surface area contributed by atoms with Crippen molar-refractivity contribution in [1.82, 2.24) is 19.2 Å². The number of likely N-dealkylation sites (N-methyl/N-ethyl adjacent to an activating group) is 1. The monoisotopic (exact) mass is 322 g/mol. The summed E-state index contributed by atoms with van der Waals surface area (Å²) in [5.74, 6) is -0.0667. The average molecular weight is 323 g/mol. The number of carbonyl (C=O) groups excluding carboxylic acids is 1. The summed E-state index contributed by atoms with van der Waals surface area (Å²) in [6.07, 6.45) is 1.31. The van der Waals surface area contributed by atoms with Crippen molar-refractivity contribution in [2.45, 2.75) is 18.9 Å². The molecule has 1 aromatic rings. The largest absolute Gasteiger partial charge is 0.355 e. The lowest BCUT2D eigenvalue weighted by atomic mass is 10.2. The zero-order valence-electron chi connectivity index (χ0n) is 11.9. The topological polar surface area (TPSA) is 84.3 Å². The first-order valence-electron chi connectivity index (χ1n) is 6.06. The van der Waals surface area contributed by atoms with E-state index in [-0.39, 0.29) is 22.6 Å². The molecule has 1 rings (SSSR count). The quantitative estimate of drug-likeness (QED) is 0.825. The molecule has 0 aliphatic heterocycles. The van der Waals surface area contributed by atoms with E-state index in [2.05, 4.69) is 10.3 Å². The second-order valence-electron chi connectivity index (χ2n) is 4.91. The van der Waals surface area contributed by atoms with Crippen LogP contribution in [0.2, 0.25) is 5.15 Å². The van der Waals surface area contributed by atoms with Crippen molar-refractivity contribution in [3.05, 3.63) is 11.5 Å². The van der Waals surface area contributed by atoms with E-state index in [1.807, 2.05) is 13.8 Å². The molecule has 1 aromatic heterocycles. The molecule has 0 saturated heterocycles. The van der Waals surface area contributed by atoms with Crippen LogP contribution < -0.4 is 5.32 Å². The van der Waals surface area contributed by atoms with Crippen molar-refractivity contribution in [2.24, 2.45) is 13.0 Å². The van der Waals surface area contributed by atoms with Gasteiger partial charge in [0.05, 0.1) is 12.9 Å². The van der Waals surface area contributed by atoms with Gasteiger partial charge in [-0.1, -0.05) is 25.4 Å². The number of halogens is 1. The molecule has 0 fully saturated rings. The SMILES string of the molecule is CC(C)CNC(=O)CN(C)S(=O)(=O)c1ncn(C)c1Cl. The molecule has 0 aromatic carbocycles. The highest BCUT2D eigenvalue weighted by Gasteiger charge is 2.28. The van der Waals surface area contributed by atoms with Gasteiger partial charge >= 0.3 is 0 Å². The molecule has 0 saturated carbocycles. The minimum Gasteiger partial charge on any atom is -0.355 e. The van der Waals surface area contributed by atoms with Crippen LogP contribution in [0, 0.1) is 5.92 Å². The molecule has 0 aliphatic carbocycles. The molecular weight excluding hydrogens is 304 g/mol. The summed E-state index contributed by atoms with van der Waals surface area (Å²) in [4.78, 5) is 15.4. The molecule has 1 amide bonds. The third-order valence-corrected chi connectivity index (χ3v) is 4.86. The Morgan fingerprint density at radius 1 is 1.55 bits per heavy atom. The van der Waals surface area contributed by atoms with E-state index in [9.17, 15) is 13.2 Å². The van der Waals surface area contributed by atoms with Gasteiger partial charge in [0.1, 0.15) is 5.15 Å². The van der Waals surface area contributed by atoms with E-state index in [1.54, 1.807) is 7.05 Å². The van der Waals surface area contributed by atoms with Crippen molar-refractivity contribution >= 4 is 27.5 Å². The number of nitrogens with one attached hydrogen (secondary N) is 1. The Morgan fingerprint density at radius 3 is 2.60 bits per heavy atom. The molecule has 0 spiro atoms. The first kappa shape index (κ1) is 16.9. The molecule has 0 radical (unpaired) electrons. The number of aromatic nitrogens is 2. The Labute approximate surface area is 124 Å².